The van der Waals surface area contributed by atoms with Crippen LogP contribution < -0.4 is 5.32 Å². The topological polar surface area (TPSA) is 24.9 Å². The van der Waals surface area contributed by atoms with Gasteiger partial charge in [-0.2, -0.15) is 0 Å². The van der Waals surface area contributed by atoms with Crippen LogP contribution in [0.4, 0.5) is 10.1 Å². The van der Waals surface area contributed by atoms with E-state index in [0.717, 1.165) is 10.2 Å². The van der Waals surface area contributed by atoms with Gasteiger partial charge in [-0.1, -0.05) is 27.5 Å². The largest absolute Gasteiger partial charge is 0.377 e. The number of nitrogens with zero attached hydrogens (tertiary/aromatic N) is 1. The molecule has 0 aliphatic carbocycles. The van der Waals surface area contributed by atoms with Gasteiger partial charge in [0.2, 0.25) is 0 Å². The summed E-state index contributed by atoms with van der Waals surface area (Å²) in [5.41, 5.74) is 1.35. The molecule has 0 bridgehead atoms. The molecule has 2 rings (SSSR count). The van der Waals surface area contributed by atoms with E-state index in [4.69, 9.17) is 11.6 Å². The molecule has 0 amide bonds. The number of hydrogen-bond acceptors (Lipinski definition) is 2. The summed E-state index contributed by atoms with van der Waals surface area (Å²) in [5, 5.41) is 3.58. The van der Waals surface area contributed by atoms with Gasteiger partial charge in [-0.15, -0.1) is 0 Å². The Morgan fingerprint density at radius 1 is 1.32 bits per heavy atom. The van der Waals surface area contributed by atoms with Gasteiger partial charge >= 0.3 is 0 Å². The summed E-state index contributed by atoms with van der Waals surface area (Å²) in [6.07, 6.45) is 1.61. The zero-order valence-corrected chi connectivity index (χ0v) is 13.9. The molecule has 0 aliphatic rings. The average molecular weight is 408 g/mol. The van der Waals surface area contributed by atoms with Crippen LogP contribution in [-0.2, 0) is 0 Å². The Morgan fingerprint density at radius 2 is 2.05 bits per heavy atom. The van der Waals surface area contributed by atoms with Gasteiger partial charge in [-0.3, -0.25) is 0 Å². The van der Waals surface area contributed by atoms with Crippen LogP contribution >= 0.6 is 43.5 Å². The molecule has 0 spiro atoms. The fraction of sp³-hybridized carbons (Fsp3) is 0.154. The van der Waals surface area contributed by atoms with E-state index in [1.54, 1.807) is 18.3 Å². The van der Waals surface area contributed by atoms with Gasteiger partial charge in [-0.05, 0) is 47.1 Å². The van der Waals surface area contributed by atoms with E-state index < -0.39 is 0 Å². The SMILES string of the molecule is CC(Nc1cnc(Cl)c(Br)c1)c1cc(Br)ccc1F. The Bertz CT molecular complexity index is 607. The summed E-state index contributed by atoms with van der Waals surface area (Å²) >= 11 is 12.5. The average Bonchev–Trinajstić information content (AvgIpc) is 2.36. The maximum atomic E-state index is 13.8. The first-order valence-electron chi connectivity index (χ1n) is 5.50. The summed E-state index contributed by atoms with van der Waals surface area (Å²) in [5.74, 6) is -0.246. The number of nitrogens with one attached hydrogen (secondary N) is 1. The molecule has 0 radical (unpaired) electrons. The van der Waals surface area contributed by atoms with Crippen molar-refractivity contribution in [2.75, 3.05) is 5.32 Å². The number of halogens is 4. The minimum Gasteiger partial charge on any atom is -0.377 e. The highest BCUT2D eigenvalue weighted by atomic mass is 79.9. The highest BCUT2D eigenvalue weighted by molar-refractivity contribution is 9.10. The molecule has 0 fully saturated rings. The highest BCUT2D eigenvalue weighted by Gasteiger charge is 2.12. The summed E-state index contributed by atoms with van der Waals surface area (Å²) in [6, 6.07) is 6.49. The van der Waals surface area contributed by atoms with Gasteiger partial charge < -0.3 is 5.32 Å². The van der Waals surface area contributed by atoms with Gasteiger partial charge in [0, 0.05) is 10.0 Å². The number of hydrogen-bond donors (Lipinski definition) is 1. The van der Waals surface area contributed by atoms with Crippen molar-refractivity contribution in [1.82, 2.24) is 4.98 Å². The van der Waals surface area contributed by atoms with Crippen LogP contribution in [0.15, 0.2) is 39.4 Å². The van der Waals surface area contributed by atoms with Crippen LogP contribution in [0.2, 0.25) is 5.15 Å². The first-order valence-corrected chi connectivity index (χ1v) is 7.46. The van der Waals surface area contributed by atoms with Gasteiger partial charge in [0.1, 0.15) is 11.0 Å². The van der Waals surface area contributed by atoms with Crippen LogP contribution in [0.5, 0.6) is 0 Å². The maximum absolute atomic E-state index is 13.8. The normalized spacial score (nSPS) is 12.3. The lowest BCUT2D eigenvalue weighted by Gasteiger charge is -2.16. The zero-order chi connectivity index (χ0) is 14.0. The molecule has 6 heteroatoms. The molecule has 1 unspecified atom stereocenters. The summed E-state index contributed by atoms with van der Waals surface area (Å²) < 4.78 is 15.3. The van der Waals surface area contributed by atoms with Crippen molar-refractivity contribution in [3.8, 4) is 0 Å². The number of aromatic nitrogens is 1. The zero-order valence-electron chi connectivity index (χ0n) is 9.92. The third-order valence-corrected chi connectivity index (χ3v) is 4.23. The van der Waals surface area contributed by atoms with Crippen molar-refractivity contribution >= 4 is 49.1 Å². The molecule has 2 aromatic rings. The highest BCUT2D eigenvalue weighted by Crippen LogP contribution is 2.27. The molecule has 0 saturated carbocycles. The lowest BCUT2D eigenvalue weighted by Crippen LogP contribution is -2.09. The molecule has 2 nitrogen and oxygen atoms in total. The van der Waals surface area contributed by atoms with E-state index in [1.807, 2.05) is 13.0 Å². The Kier molecular flexibility index (Phi) is 4.81. The molecule has 1 N–H and O–H groups in total. The lowest BCUT2D eigenvalue weighted by atomic mass is 10.1. The summed E-state index contributed by atoms with van der Waals surface area (Å²) in [7, 11) is 0. The van der Waals surface area contributed by atoms with Gasteiger partial charge in [0.25, 0.3) is 0 Å². The Balaban J connectivity index is 2.22. The smallest absolute Gasteiger partial charge is 0.143 e. The van der Waals surface area contributed by atoms with Crippen molar-refractivity contribution < 1.29 is 4.39 Å². The first kappa shape index (κ1) is 14.8. The van der Waals surface area contributed by atoms with E-state index in [0.29, 0.717) is 15.2 Å². The van der Waals surface area contributed by atoms with Crippen molar-refractivity contribution in [3.63, 3.8) is 0 Å². The van der Waals surface area contributed by atoms with Crippen LogP contribution in [0, 0.1) is 5.82 Å². The molecule has 1 aromatic heterocycles. The molecule has 1 atom stereocenters. The molecule has 100 valence electrons. The van der Waals surface area contributed by atoms with Crippen LogP contribution in [0.1, 0.15) is 18.5 Å². The second-order valence-corrected chi connectivity index (χ2v) is 6.16. The lowest BCUT2D eigenvalue weighted by molar-refractivity contribution is 0.600. The molecule has 19 heavy (non-hydrogen) atoms. The predicted octanol–water partition coefficient (Wildman–Crippen LogP) is 5.57. The third kappa shape index (κ3) is 3.68. The van der Waals surface area contributed by atoms with Crippen molar-refractivity contribution in [2.24, 2.45) is 0 Å². The van der Waals surface area contributed by atoms with Crippen molar-refractivity contribution in [3.05, 3.63) is 55.9 Å². The number of benzene rings is 1. The van der Waals surface area contributed by atoms with Crippen molar-refractivity contribution in [2.45, 2.75) is 13.0 Å². The third-order valence-electron chi connectivity index (χ3n) is 2.60. The molecule has 1 aromatic carbocycles. The quantitative estimate of drug-likeness (QED) is 0.672. The van der Waals surface area contributed by atoms with Crippen LogP contribution in [-0.4, -0.2) is 4.98 Å². The van der Waals surface area contributed by atoms with Crippen molar-refractivity contribution in [1.29, 1.82) is 0 Å². The van der Waals surface area contributed by atoms with E-state index in [1.165, 1.54) is 6.07 Å². The number of anilines is 1. The Hall–Kier alpha value is -0.650. The van der Waals surface area contributed by atoms with Gasteiger partial charge in [-0.25, -0.2) is 9.37 Å². The minimum atomic E-state index is -0.246. The van der Waals surface area contributed by atoms with Gasteiger partial charge in [0.15, 0.2) is 0 Å². The van der Waals surface area contributed by atoms with Gasteiger partial charge in [0.05, 0.1) is 22.4 Å². The molecular formula is C13H10Br2ClFN2. The molecule has 1 heterocycles. The summed E-state index contributed by atoms with van der Waals surface area (Å²) in [6.45, 7) is 1.88. The molecular weight excluding hydrogens is 398 g/mol. The van der Waals surface area contributed by atoms with E-state index in [9.17, 15) is 4.39 Å². The fourth-order valence-corrected chi connectivity index (χ4v) is 2.51. The standard InChI is InChI=1S/C13H10Br2ClFN2/c1-7(10-4-8(14)2-3-12(10)17)19-9-5-11(15)13(16)18-6-9/h2-7,19H,1H3. The van der Waals surface area contributed by atoms with Crippen LogP contribution in [0.25, 0.3) is 0 Å². The number of rotatable bonds is 3. The van der Waals surface area contributed by atoms with Crippen LogP contribution in [0.3, 0.4) is 0 Å². The second kappa shape index (κ2) is 6.20. The van der Waals surface area contributed by atoms with E-state index in [-0.39, 0.29) is 11.9 Å². The molecule has 0 aliphatic heterocycles. The van der Waals surface area contributed by atoms with E-state index >= 15 is 0 Å². The van der Waals surface area contributed by atoms with E-state index in [2.05, 4.69) is 42.2 Å². The fourth-order valence-electron chi connectivity index (χ4n) is 1.67. The monoisotopic (exact) mass is 406 g/mol. The second-order valence-electron chi connectivity index (χ2n) is 4.03. The number of pyridine rings is 1. The maximum Gasteiger partial charge on any atom is 0.143 e. The Morgan fingerprint density at radius 3 is 2.74 bits per heavy atom. The first-order chi connectivity index (χ1) is 8.97. The summed E-state index contributed by atoms with van der Waals surface area (Å²) in [4.78, 5) is 4.02. The minimum absolute atomic E-state index is 0.188. The molecule has 0 saturated heterocycles. The predicted molar refractivity (Wildman–Crippen MR) is 83.1 cm³/mol. The Labute approximate surface area is 132 Å².